The summed E-state index contributed by atoms with van der Waals surface area (Å²) >= 11 is 0. The van der Waals surface area contributed by atoms with Crippen LogP contribution < -0.4 is 5.32 Å². The summed E-state index contributed by atoms with van der Waals surface area (Å²) in [4.78, 5) is 17.4. The fourth-order valence-electron chi connectivity index (χ4n) is 3.87. The summed E-state index contributed by atoms with van der Waals surface area (Å²) in [7, 11) is 2.16. The zero-order valence-corrected chi connectivity index (χ0v) is 15.1. The van der Waals surface area contributed by atoms with E-state index in [1.54, 1.807) is 0 Å². The summed E-state index contributed by atoms with van der Waals surface area (Å²) in [6.45, 7) is 10.0. The van der Waals surface area contributed by atoms with Crippen LogP contribution in [0.3, 0.4) is 0 Å². The Morgan fingerprint density at radius 3 is 2.46 bits per heavy atom. The molecule has 134 valence electrons. The van der Waals surface area contributed by atoms with Gasteiger partial charge in [0.2, 0.25) is 0 Å². The topological polar surface area (TPSA) is 58.0 Å². The Balaban J connectivity index is 1.69. The summed E-state index contributed by atoms with van der Waals surface area (Å²) < 4.78 is 11.1. The van der Waals surface area contributed by atoms with Crippen molar-refractivity contribution in [2.24, 2.45) is 0 Å². The summed E-state index contributed by atoms with van der Waals surface area (Å²) in [6, 6.07) is 1.90. The molecule has 1 aromatic heterocycles. The first-order valence-electron chi connectivity index (χ1n) is 8.87. The van der Waals surface area contributed by atoms with E-state index >= 15 is 0 Å². The number of rotatable bonds is 4. The third-order valence-corrected chi connectivity index (χ3v) is 5.42. The molecule has 3 rings (SSSR count). The van der Waals surface area contributed by atoms with Gasteiger partial charge in [-0.2, -0.15) is 0 Å². The fraction of sp³-hybridized carbons (Fsp3) is 0.722. The van der Waals surface area contributed by atoms with Crippen LogP contribution in [0.15, 0.2) is 10.5 Å². The van der Waals surface area contributed by atoms with Crippen LogP contribution in [0.25, 0.3) is 0 Å². The second-order valence-corrected chi connectivity index (χ2v) is 7.18. The van der Waals surface area contributed by atoms with Gasteiger partial charge in [0.15, 0.2) is 5.76 Å². The molecule has 0 saturated carbocycles. The highest BCUT2D eigenvalue weighted by Crippen LogP contribution is 2.29. The summed E-state index contributed by atoms with van der Waals surface area (Å²) in [5.74, 6) is 1.12. The van der Waals surface area contributed by atoms with Gasteiger partial charge >= 0.3 is 0 Å². The molecular weight excluding hydrogens is 306 g/mol. The molecule has 0 spiro atoms. The van der Waals surface area contributed by atoms with Gasteiger partial charge in [-0.05, 0) is 52.9 Å². The molecule has 6 heteroatoms. The van der Waals surface area contributed by atoms with Crippen LogP contribution in [0.1, 0.15) is 34.7 Å². The number of hydrogen-bond donors (Lipinski definition) is 1. The lowest BCUT2D eigenvalue weighted by Crippen LogP contribution is -2.62. The van der Waals surface area contributed by atoms with Crippen LogP contribution in [-0.4, -0.2) is 74.2 Å². The summed E-state index contributed by atoms with van der Waals surface area (Å²) in [5.41, 5.74) is 0.926. The molecule has 0 unspecified atom stereocenters. The number of nitrogens with one attached hydrogen (secondary N) is 1. The van der Waals surface area contributed by atoms with E-state index in [1.165, 1.54) is 0 Å². The number of nitrogens with zero attached hydrogens (tertiary/aromatic N) is 2. The first-order valence-corrected chi connectivity index (χ1v) is 8.87. The molecule has 0 radical (unpaired) electrons. The van der Waals surface area contributed by atoms with Gasteiger partial charge in [0.05, 0.1) is 13.2 Å². The van der Waals surface area contributed by atoms with Gasteiger partial charge in [-0.15, -0.1) is 0 Å². The minimum absolute atomic E-state index is 0.0293. The van der Waals surface area contributed by atoms with E-state index < -0.39 is 0 Å². The van der Waals surface area contributed by atoms with Gasteiger partial charge in [0.1, 0.15) is 5.76 Å². The van der Waals surface area contributed by atoms with Crippen LogP contribution in [0.4, 0.5) is 0 Å². The van der Waals surface area contributed by atoms with Crippen LogP contribution in [0, 0.1) is 13.8 Å². The highest BCUT2D eigenvalue weighted by molar-refractivity contribution is 5.92. The van der Waals surface area contributed by atoms with Gasteiger partial charge in [-0.3, -0.25) is 9.69 Å². The van der Waals surface area contributed by atoms with Crippen molar-refractivity contribution in [3.63, 3.8) is 0 Å². The molecule has 24 heavy (non-hydrogen) atoms. The molecule has 1 aromatic rings. The van der Waals surface area contributed by atoms with Crippen molar-refractivity contribution in [2.45, 2.75) is 32.2 Å². The smallest absolute Gasteiger partial charge is 0.287 e. The van der Waals surface area contributed by atoms with Crippen molar-refractivity contribution < 1.29 is 13.9 Å². The lowest BCUT2D eigenvalue weighted by molar-refractivity contribution is -0.0439. The molecule has 0 bridgehead atoms. The van der Waals surface area contributed by atoms with E-state index in [2.05, 4.69) is 22.2 Å². The standard InChI is InChI=1S/C18H29N3O3/c1-14-12-15(2)24-16(14)17(22)19-13-18(4-6-20(3)7-5-18)21-8-10-23-11-9-21/h12H,4-11,13H2,1-3H3,(H,19,22). The van der Waals surface area contributed by atoms with E-state index in [4.69, 9.17) is 9.15 Å². The Morgan fingerprint density at radius 2 is 1.88 bits per heavy atom. The highest BCUT2D eigenvalue weighted by atomic mass is 16.5. The molecule has 6 nitrogen and oxygen atoms in total. The van der Waals surface area contributed by atoms with Crippen molar-refractivity contribution in [2.75, 3.05) is 53.0 Å². The summed E-state index contributed by atoms with van der Waals surface area (Å²) in [5, 5.41) is 3.14. The number of morpholine rings is 1. The molecule has 3 heterocycles. The molecule has 1 N–H and O–H groups in total. The van der Waals surface area contributed by atoms with E-state index in [0.717, 1.165) is 63.6 Å². The first kappa shape index (κ1) is 17.5. The molecule has 2 fully saturated rings. The average Bonchev–Trinajstić information content (AvgIpc) is 2.94. The molecule has 0 aromatic carbocycles. The van der Waals surface area contributed by atoms with E-state index in [0.29, 0.717) is 12.3 Å². The largest absolute Gasteiger partial charge is 0.456 e. The molecule has 2 saturated heterocycles. The highest BCUT2D eigenvalue weighted by Gasteiger charge is 2.40. The van der Waals surface area contributed by atoms with Gasteiger partial charge < -0.3 is 19.4 Å². The third-order valence-electron chi connectivity index (χ3n) is 5.42. The van der Waals surface area contributed by atoms with Crippen molar-refractivity contribution in [1.82, 2.24) is 15.1 Å². The third kappa shape index (κ3) is 3.66. The molecule has 0 atom stereocenters. The van der Waals surface area contributed by atoms with E-state index in [1.807, 2.05) is 19.9 Å². The number of ether oxygens (including phenoxy) is 1. The minimum atomic E-state index is -0.104. The maximum absolute atomic E-state index is 12.6. The Morgan fingerprint density at radius 1 is 1.21 bits per heavy atom. The zero-order chi connectivity index (χ0) is 17.2. The quantitative estimate of drug-likeness (QED) is 0.902. The van der Waals surface area contributed by atoms with E-state index in [9.17, 15) is 4.79 Å². The first-order chi connectivity index (χ1) is 11.5. The zero-order valence-electron chi connectivity index (χ0n) is 15.1. The van der Waals surface area contributed by atoms with Crippen LogP contribution in [-0.2, 0) is 4.74 Å². The van der Waals surface area contributed by atoms with Crippen molar-refractivity contribution in [1.29, 1.82) is 0 Å². The minimum Gasteiger partial charge on any atom is -0.456 e. The molecule has 0 aliphatic carbocycles. The monoisotopic (exact) mass is 335 g/mol. The Labute approximate surface area is 144 Å². The normalized spacial score (nSPS) is 22.5. The maximum atomic E-state index is 12.6. The molecule has 2 aliphatic rings. The number of piperidine rings is 1. The van der Waals surface area contributed by atoms with Gasteiger partial charge in [0.25, 0.3) is 5.91 Å². The summed E-state index contributed by atoms with van der Waals surface area (Å²) in [6.07, 6.45) is 2.14. The Kier molecular flexibility index (Phi) is 5.27. The number of furan rings is 1. The van der Waals surface area contributed by atoms with Crippen LogP contribution >= 0.6 is 0 Å². The fourth-order valence-corrected chi connectivity index (χ4v) is 3.87. The number of carbonyl (C=O) groups is 1. The lowest BCUT2D eigenvalue weighted by Gasteiger charge is -2.49. The van der Waals surface area contributed by atoms with Crippen molar-refractivity contribution in [3.8, 4) is 0 Å². The van der Waals surface area contributed by atoms with Crippen LogP contribution in [0.5, 0.6) is 0 Å². The number of carbonyl (C=O) groups excluding carboxylic acids is 1. The number of aryl methyl sites for hydroxylation is 2. The predicted octanol–water partition coefficient (Wildman–Crippen LogP) is 1.42. The van der Waals surface area contributed by atoms with Crippen molar-refractivity contribution >= 4 is 5.91 Å². The Hall–Kier alpha value is -1.37. The van der Waals surface area contributed by atoms with Crippen LogP contribution in [0.2, 0.25) is 0 Å². The maximum Gasteiger partial charge on any atom is 0.287 e. The molecular formula is C18H29N3O3. The van der Waals surface area contributed by atoms with Gasteiger partial charge in [0, 0.05) is 30.7 Å². The van der Waals surface area contributed by atoms with Crippen molar-refractivity contribution in [3.05, 3.63) is 23.2 Å². The van der Waals surface area contributed by atoms with E-state index in [-0.39, 0.29) is 11.4 Å². The second kappa shape index (κ2) is 7.25. The number of amides is 1. The predicted molar refractivity (Wildman–Crippen MR) is 92.4 cm³/mol. The number of hydrogen-bond acceptors (Lipinski definition) is 5. The lowest BCUT2D eigenvalue weighted by atomic mass is 9.85. The number of likely N-dealkylation sites (tertiary alicyclic amines) is 1. The molecule has 2 aliphatic heterocycles. The molecule has 1 amide bonds. The second-order valence-electron chi connectivity index (χ2n) is 7.18. The Bertz CT molecular complexity index is 570. The average molecular weight is 335 g/mol. The van der Waals surface area contributed by atoms with Gasteiger partial charge in [-0.1, -0.05) is 0 Å². The SMILES string of the molecule is Cc1cc(C)c(C(=O)NCC2(N3CCOCC3)CCN(C)CC2)o1. The van der Waals surface area contributed by atoms with Gasteiger partial charge in [-0.25, -0.2) is 0 Å².